The summed E-state index contributed by atoms with van der Waals surface area (Å²) in [5, 5.41) is 10.9. The minimum absolute atomic E-state index is 0.0190. The molecule has 5 rings (SSSR count). The van der Waals surface area contributed by atoms with Gasteiger partial charge >= 0.3 is 6.01 Å². The van der Waals surface area contributed by atoms with Crippen molar-refractivity contribution in [2.24, 2.45) is 0 Å². The molecule has 0 unspecified atom stereocenters. The van der Waals surface area contributed by atoms with Crippen molar-refractivity contribution in [2.45, 2.75) is 43.7 Å². The molecule has 1 atom stereocenters. The first-order valence-electron chi connectivity index (χ1n) is 11.1. The van der Waals surface area contributed by atoms with E-state index in [4.69, 9.17) is 4.74 Å². The highest BCUT2D eigenvalue weighted by Crippen LogP contribution is 2.43. The number of piperidine rings is 1. The zero-order valence-electron chi connectivity index (χ0n) is 18.6. The summed E-state index contributed by atoms with van der Waals surface area (Å²) in [4.78, 5) is 13.1. The summed E-state index contributed by atoms with van der Waals surface area (Å²) in [6.07, 6.45) is 2.98. The largest absolute Gasteiger partial charge is 0.461 e. The van der Waals surface area contributed by atoms with E-state index in [9.17, 15) is 9.50 Å². The predicted octanol–water partition coefficient (Wildman–Crippen LogP) is 4.36. The average Bonchev–Trinajstić information content (AvgIpc) is 3.20. The van der Waals surface area contributed by atoms with Gasteiger partial charge in [-0.25, -0.2) is 8.78 Å². The van der Waals surface area contributed by atoms with Crippen LogP contribution in [-0.2, 0) is 0 Å². The van der Waals surface area contributed by atoms with E-state index in [0.29, 0.717) is 31.9 Å². The van der Waals surface area contributed by atoms with E-state index in [1.54, 1.807) is 6.92 Å². The van der Waals surface area contributed by atoms with Gasteiger partial charge in [0.25, 0.3) is 0 Å². The van der Waals surface area contributed by atoms with Gasteiger partial charge in [0.15, 0.2) is 5.82 Å². The van der Waals surface area contributed by atoms with Crippen LogP contribution in [0.1, 0.15) is 32.6 Å². The molecule has 4 heterocycles. The third-order valence-corrected chi connectivity index (χ3v) is 7.62. The van der Waals surface area contributed by atoms with Gasteiger partial charge in [0.2, 0.25) is 0 Å². The Balaban J connectivity index is 1.54. The number of benzene rings is 1. The van der Waals surface area contributed by atoms with Crippen molar-refractivity contribution in [2.75, 3.05) is 37.7 Å². The van der Waals surface area contributed by atoms with Crippen LogP contribution in [0.2, 0.25) is 0 Å². The van der Waals surface area contributed by atoms with Crippen LogP contribution in [0.5, 0.6) is 6.01 Å². The first-order valence-corrected chi connectivity index (χ1v) is 11.9. The summed E-state index contributed by atoms with van der Waals surface area (Å²) in [7, 11) is 0. The summed E-state index contributed by atoms with van der Waals surface area (Å²) in [5.74, 6) is -1.17. The maximum absolute atomic E-state index is 15.1. The van der Waals surface area contributed by atoms with Crippen LogP contribution in [0.25, 0.3) is 10.9 Å². The Hall–Kier alpha value is -2.10. The van der Waals surface area contributed by atoms with Gasteiger partial charge in [0.05, 0.1) is 15.6 Å². The molecular weight excluding hydrogens is 494 g/mol. The topological polar surface area (TPSA) is 61.7 Å². The molecule has 6 nitrogen and oxygen atoms in total. The Morgan fingerprint density at radius 1 is 1.21 bits per heavy atom. The first kappa shape index (κ1) is 22.7. The number of anilines is 1. The number of rotatable bonds is 4. The van der Waals surface area contributed by atoms with E-state index in [0.717, 1.165) is 43.5 Å². The molecule has 0 aliphatic carbocycles. The van der Waals surface area contributed by atoms with Crippen molar-refractivity contribution >= 4 is 32.7 Å². The third-order valence-electron chi connectivity index (χ3n) is 6.89. The van der Waals surface area contributed by atoms with Crippen LogP contribution in [-0.4, -0.2) is 63.9 Å². The Morgan fingerprint density at radius 3 is 2.58 bits per heavy atom. The molecule has 1 aromatic heterocycles. The molecule has 3 aliphatic heterocycles. The van der Waals surface area contributed by atoms with Crippen molar-refractivity contribution < 1.29 is 18.6 Å². The highest BCUT2D eigenvalue weighted by atomic mass is 79.9. The lowest BCUT2D eigenvalue weighted by molar-refractivity contribution is 0.0447. The zero-order valence-corrected chi connectivity index (χ0v) is 20.2. The number of fused-ring (bicyclic) bond motifs is 2. The highest BCUT2D eigenvalue weighted by molar-refractivity contribution is 9.10. The predicted molar refractivity (Wildman–Crippen MR) is 127 cm³/mol. The zero-order chi connectivity index (χ0) is 23.5. The number of halogens is 3. The normalized spacial score (nSPS) is 25.2. The highest BCUT2D eigenvalue weighted by Gasteiger charge is 2.48. The molecule has 3 fully saturated rings. The molecule has 1 N–H and O–H groups in total. The molecule has 0 bridgehead atoms. The summed E-state index contributed by atoms with van der Waals surface area (Å²) < 4.78 is 35.3. The second-order valence-corrected chi connectivity index (χ2v) is 10.7. The van der Waals surface area contributed by atoms with Crippen LogP contribution in [0.15, 0.2) is 34.8 Å². The quantitative estimate of drug-likeness (QED) is 0.477. The van der Waals surface area contributed by atoms with E-state index in [1.807, 2.05) is 4.90 Å². The van der Waals surface area contributed by atoms with Gasteiger partial charge in [-0.15, -0.1) is 0 Å². The number of aromatic nitrogens is 2. The molecule has 0 spiro atoms. The SMILES string of the molecule is C=C1CN2CC(=C)CC2(COc2nc(N3CCC[C@@](C)(O)C3)c3cc(F)c(Br)c(F)c3n2)C1. The van der Waals surface area contributed by atoms with Gasteiger partial charge < -0.3 is 14.7 Å². The van der Waals surface area contributed by atoms with Gasteiger partial charge in [-0.05, 0) is 54.6 Å². The van der Waals surface area contributed by atoms with Crippen LogP contribution in [0.4, 0.5) is 14.6 Å². The van der Waals surface area contributed by atoms with E-state index in [2.05, 4.69) is 44.0 Å². The number of hydrogen-bond acceptors (Lipinski definition) is 6. The maximum atomic E-state index is 15.1. The molecule has 1 aromatic carbocycles. The molecule has 9 heteroatoms. The minimum atomic E-state index is -0.920. The summed E-state index contributed by atoms with van der Waals surface area (Å²) >= 11 is 2.97. The van der Waals surface area contributed by atoms with E-state index < -0.39 is 17.2 Å². The van der Waals surface area contributed by atoms with Gasteiger partial charge in [-0.1, -0.05) is 24.3 Å². The van der Waals surface area contributed by atoms with Gasteiger partial charge in [-0.3, -0.25) is 4.90 Å². The second-order valence-electron chi connectivity index (χ2n) is 9.96. The lowest BCUT2D eigenvalue weighted by Crippen LogP contribution is -2.46. The van der Waals surface area contributed by atoms with Crippen molar-refractivity contribution in [3.8, 4) is 6.01 Å². The third kappa shape index (κ3) is 4.04. The fourth-order valence-corrected chi connectivity index (χ4v) is 5.80. The smallest absolute Gasteiger partial charge is 0.319 e. The molecule has 2 aromatic rings. The molecule has 0 saturated carbocycles. The Morgan fingerprint density at radius 2 is 1.91 bits per heavy atom. The Kier molecular flexibility index (Phi) is 5.49. The van der Waals surface area contributed by atoms with E-state index in [-0.39, 0.29) is 26.9 Å². The molecule has 3 saturated heterocycles. The van der Waals surface area contributed by atoms with Crippen molar-refractivity contribution in [3.05, 3.63) is 46.5 Å². The fourth-order valence-electron chi connectivity index (χ4n) is 5.50. The summed E-state index contributed by atoms with van der Waals surface area (Å²) in [6.45, 7) is 12.9. The summed E-state index contributed by atoms with van der Waals surface area (Å²) in [5.41, 5.74) is 1.11. The maximum Gasteiger partial charge on any atom is 0.319 e. The van der Waals surface area contributed by atoms with Crippen LogP contribution in [0, 0.1) is 11.6 Å². The molecule has 176 valence electrons. The summed E-state index contributed by atoms with van der Waals surface area (Å²) in [6, 6.07) is 1.26. The molecule has 0 radical (unpaired) electrons. The number of aliphatic hydroxyl groups is 1. The molecule has 3 aliphatic rings. The number of hydrogen-bond donors (Lipinski definition) is 1. The van der Waals surface area contributed by atoms with E-state index in [1.165, 1.54) is 6.07 Å². The number of nitrogens with zero attached hydrogens (tertiary/aromatic N) is 4. The van der Waals surface area contributed by atoms with Crippen molar-refractivity contribution in [3.63, 3.8) is 0 Å². The second kappa shape index (κ2) is 7.99. The lowest BCUT2D eigenvalue weighted by Gasteiger charge is -2.38. The molecule has 0 amide bonds. The van der Waals surface area contributed by atoms with Crippen LogP contribution >= 0.6 is 15.9 Å². The first-order chi connectivity index (χ1) is 15.6. The molecular formula is C24H27BrF2N4O2. The lowest BCUT2D eigenvalue weighted by atomic mass is 9.92. The van der Waals surface area contributed by atoms with E-state index >= 15 is 4.39 Å². The average molecular weight is 521 g/mol. The van der Waals surface area contributed by atoms with Crippen LogP contribution in [0.3, 0.4) is 0 Å². The van der Waals surface area contributed by atoms with Gasteiger partial charge in [0, 0.05) is 31.6 Å². The van der Waals surface area contributed by atoms with Gasteiger partial charge in [0.1, 0.15) is 23.8 Å². The van der Waals surface area contributed by atoms with Crippen molar-refractivity contribution in [1.29, 1.82) is 0 Å². The van der Waals surface area contributed by atoms with Gasteiger partial charge in [-0.2, -0.15) is 9.97 Å². The van der Waals surface area contributed by atoms with Crippen molar-refractivity contribution in [1.82, 2.24) is 14.9 Å². The monoisotopic (exact) mass is 520 g/mol. The standard InChI is InChI=1S/C24H27BrF2N4O2/c1-14-8-24(9-15(2)11-31(24)10-14)13-33-22-28-20-16(7-17(26)18(25)19(20)27)21(29-22)30-6-4-5-23(3,32)12-30/h7,32H,1-2,4-6,8-13H2,3H3/t23-/m1/s1. The number of β-amino-alcohol motifs (C(OH)–C–C–N with tert-alkyl or cyclic N) is 1. The fraction of sp³-hybridized carbons (Fsp3) is 0.500. The Bertz CT molecular complexity index is 1150. The Labute approximate surface area is 200 Å². The number of ether oxygens (including phenoxy) is 1. The van der Waals surface area contributed by atoms with Crippen LogP contribution < -0.4 is 9.64 Å². The molecule has 33 heavy (non-hydrogen) atoms. The minimum Gasteiger partial charge on any atom is -0.461 e.